The molecule has 4 aromatic carbocycles. The third-order valence-corrected chi connectivity index (χ3v) is 11.1. The summed E-state index contributed by atoms with van der Waals surface area (Å²) in [6.07, 6.45) is 4.94. The van der Waals surface area contributed by atoms with Crippen molar-refractivity contribution in [1.82, 2.24) is 9.97 Å². The van der Waals surface area contributed by atoms with E-state index in [2.05, 4.69) is 130 Å². The van der Waals surface area contributed by atoms with Crippen molar-refractivity contribution in [2.45, 2.75) is 59.2 Å². The number of fused-ring (bicyclic) bond motifs is 3. The van der Waals surface area contributed by atoms with Crippen molar-refractivity contribution in [3.8, 4) is 22.5 Å². The van der Waals surface area contributed by atoms with Crippen molar-refractivity contribution in [2.75, 3.05) is 0 Å². The van der Waals surface area contributed by atoms with E-state index in [0.29, 0.717) is 17.1 Å². The minimum Gasteiger partial charge on any atom is -0.500 e. The molecule has 0 aliphatic heterocycles. The molecule has 0 saturated heterocycles. The molecule has 3 heterocycles. The summed E-state index contributed by atoms with van der Waals surface area (Å²) in [4.78, 5) is 9.20. The van der Waals surface area contributed by atoms with Crippen LogP contribution >= 0.6 is 0 Å². The molecule has 3 nitrogen and oxygen atoms in total. The zero-order valence-electron chi connectivity index (χ0n) is 29.8. The van der Waals surface area contributed by atoms with Crippen LogP contribution in [-0.2, 0) is 31.9 Å². The molecule has 0 spiro atoms. The molecule has 0 N–H and O–H groups in total. The van der Waals surface area contributed by atoms with Crippen LogP contribution in [0.2, 0.25) is 19.6 Å². The van der Waals surface area contributed by atoms with Crippen LogP contribution in [0, 0.1) is 23.9 Å². The predicted molar refractivity (Wildman–Crippen MR) is 204 cm³/mol. The first-order chi connectivity index (χ1) is 23.4. The Labute approximate surface area is 310 Å². The molecule has 6 heteroatoms. The maximum absolute atomic E-state index is 13.5. The molecule has 0 unspecified atom stereocenters. The number of furan rings is 1. The van der Waals surface area contributed by atoms with Crippen LogP contribution in [0.25, 0.3) is 44.5 Å². The summed E-state index contributed by atoms with van der Waals surface area (Å²) < 4.78 is 19.4. The van der Waals surface area contributed by atoms with Gasteiger partial charge in [-0.05, 0) is 58.1 Å². The number of rotatable bonds is 7. The van der Waals surface area contributed by atoms with Crippen LogP contribution in [0.4, 0.5) is 4.39 Å². The van der Waals surface area contributed by atoms with Gasteiger partial charge in [0.25, 0.3) is 0 Å². The molecule has 0 aliphatic carbocycles. The number of nitrogens with zero attached hydrogens (tertiary/aromatic N) is 2. The minimum atomic E-state index is -1.38. The summed E-state index contributed by atoms with van der Waals surface area (Å²) in [5, 5.41) is 3.17. The summed E-state index contributed by atoms with van der Waals surface area (Å²) in [6, 6.07) is 40.6. The number of halogens is 1. The van der Waals surface area contributed by atoms with Gasteiger partial charge in [0.05, 0.1) is 13.7 Å². The average Bonchev–Trinajstić information content (AvgIpc) is 3.46. The maximum Gasteiger partial charge on any atom is 0.126 e. The third kappa shape index (κ3) is 8.21. The Balaban J connectivity index is 0.000000191. The summed E-state index contributed by atoms with van der Waals surface area (Å²) >= 11 is 0. The molecular formula is C44H43FIrN2OSi-2. The fraction of sp³-hybridized carbons (Fsp3) is 0.227. The van der Waals surface area contributed by atoms with E-state index in [0.717, 1.165) is 39.7 Å². The number of pyridine rings is 2. The van der Waals surface area contributed by atoms with Crippen molar-refractivity contribution in [1.29, 1.82) is 0 Å². The van der Waals surface area contributed by atoms with Crippen molar-refractivity contribution in [3.05, 3.63) is 150 Å². The molecule has 0 saturated carbocycles. The average molecular weight is 855 g/mol. The van der Waals surface area contributed by atoms with Gasteiger partial charge in [-0.2, -0.15) is 0 Å². The third-order valence-electron chi connectivity index (χ3n) is 9.04. The van der Waals surface area contributed by atoms with Gasteiger partial charge in [0.2, 0.25) is 0 Å². The van der Waals surface area contributed by atoms with Crippen LogP contribution < -0.4 is 5.19 Å². The van der Waals surface area contributed by atoms with Gasteiger partial charge in [-0.3, -0.25) is 0 Å². The molecule has 0 bridgehead atoms. The van der Waals surface area contributed by atoms with Crippen LogP contribution in [0.1, 0.15) is 44.4 Å². The Kier molecular flexibility index (Phi) is 11.4. The van der Waals surface area contributed by atoms with Gasteiger partial charge in [0.15, 0.2) is 0 Å². The molecule has 50 heavy (non-hydrogen) atoms. The molecule has 0 aliphatic rings. The van der Waals surface area contributed by atoms with Gasteiger partial charge < -0.3 is 14.4 Å². The van der Waals surface area contributed by atoms with E-state index >= 15 is 0 Å². The number of hydrogen-bond donors (Lipinski definition) is 0. The molecule has 0 atom stereocenters. The van der Waals surface area contributed by atoms with Crippen molar-refractivity contribution in [2.24, 2.45) is 5.92 Å². The zero-order chi connectivity index (χ0) is 34.8. The van der Waals surface area contributed by atoms with Crippen molar-refractivity contribution in [3.63, 3.8) is 0 Å². The first kappa shape index (κ1) is 37.0. The first-order valence-electron chi connectivity index (χ1n) is 16.9. The van der Waals surface area contributed by atoms with E-state index in [1.807, 2.05) is 36.7 Å². The van der Waals surface area contributed by atoms with Crippen molar-refractivity contribution >= 4 is 35.2 Å². The minimum absolute atomic E-state index is 0. The fourth-order valence-corrected chi connectivity index (χ4v) is 7.17. The molecule has 7 rings (SSSR count). The quantitative estimate of drug-likeness (QED) is 0.118. The second kappa shape index (κ2) is 15.3. The Hall–Kier alpha value is -4.22. The first-order valence-corrected chi connectivity index (χ1v) is 20.4. The van der Waals surface area contributed by atoms with Crippen LogP contribution in [0.5, 0.6) is 0 Å². The molecule has 0 fully saturated rings. The topological polar surface area (TPSA) is 38.9 Å². The van der Waals surface area contributed by atoms with E-state index in [9.17, 15) is 4.39 Å². The van der Waals surface area contributed by atoms with Gasteiger partial charge in [-0.25, -0.2) is 4.39 Å². The van der Waals surface area contributed by atoms with E-state index in [1.54, 1.807) is 6.07 Å². The Morgan fingerprint density at radius 1 is 0.780 bits per heavy atom. The van der Waals surface area contributed by atoms with Crippen LogP contribution in [0.3, 0.4) is 0 Å². The maximum atomic E-state index is 13.5. The number of aromatic nitrogens is 2. The summed E-state index contributed by atoms with van der Waals surface area (Å²) in [5.41, 5.74) is 8.82. The summed E-state index contributed by atoms with van der Waals surface area (Å²) in [6.45, 7) is 15.9. The van der Waals surface area contributed by atoms with Gasteiger partial charge in [-0.15, -0.1) is 53.6 Å². The van der Waals surface area contributed by atoms with Gasteiger partial charge in [0, 0.05) is 44.0 Å². The Morgan fingerprint density at radius 2 is 1.54 bits per heavy atom. The smallest absolute Gasteiger partial charge is 0.126 e. The fourth-order valence-electron chi connectivity index (χ4n) is 6.14. The van der Waals surface area contributed by atoms with Crippen molar-refractivity contribution < 1.29 is 28.9 Å². The molecule has 0 amide bonds. The Bertz CT molecular complexity index is 2200. The molecule has 257 valence electrons. The van der Waals surface area contributed by atoms with E-state index in [4.69, 9.17) is 4.42 Å². The zero-order valence-corrected chi connectivity index (χ0v) is 33.2. The second-order valence-corrected chi connectivity index (χ2v) is 19.7. The largest absolute Gasteiger partial charge is 0.500 e. The van der Waals surface area contributed by atoms with E-state index in [-0.39, 0.29) is 31.3 Å². The van der Waals surface area contributed by atoms with Crippen LogP contribution in [0.15, 0.2) is 120 Å². The SMILES string of the molecule is CC(C)Cc1ccnc(-c2[c-]ccc(C(C)(C)c3ccccc3)c2)c1.C[Si](C)(C)c1ccc(-c2[c-]ccc3c2oc2cc(F)ccc23)nc1.[Ir]. The van der Waals surface area contributed by atoms with Gasteiger partial charge in [-0.1, -0.05) is 112 Å². The normalized spacial score (nSPS) is 11.7. The Morgan fingerprint density at radius 3 is 2.24 bits per heavy atom. The second-order valence-electron chi connectivity index (χ2n) is 14.6. The summed E-state index contributed by atoms with van der Waals surface area (Å²) in [7, 11) is -1.38. The molecule has 7 aromatic rings. The number of hydrogen-bond acceptors (Lipinski definition) is 3. The molecular weight excluding hydrogens is 812 g/mol. The monoisotopic (exact) mass is 855 g/mol. The van der Waals surface area contributed by atoms with Gasteiger partial charge in [0.1, 0.15) is 11.4 Å². The van der Waals surface area contributed by atoms with E-state index < -0.39 is 8.07 Å². The van der Waals surface area contributed by atoms with Gasteiger partial charge >= 0.3 is 0 Å². The number of benzene rings is 4. The molecule has 3 aromatic heterocycles. The van der Waals surface area contributed by atoms with Crippen LogP contribution in [-0.4, -0.2) is 18.0 Å². The van der Waals surface area contributed by atoms with E-state index in [1.165, 1.54) is 34.0 Å². The standard InChI is InChI=1S/C24H26N.C20H17FNOSi.Ir/c1-18(2)15-19-13-14-25-23(16-19)20-9-8-12-22(17-20)24(3,4)21-10-6-5-7-11-21;1-24(2,3)14-8-10-18(22-12-14)17-6-4-5-16-15-9-7-13(21)11-19(15)23-20(16)17;/h5-8,10-14,16-18H,15H2,1-4H3;4-5,7-12H,1-3H3;/q2*-1;. The molecule has 1 radical (unpaired) electrons. The summed E-state index contributed by atoms with van der Waals surface area (Å²) in [5.74, 6) is 0.340. The predicted octanol–water partition coefficient (Wildman–Crippen LogP) is 11.2.